The largest absolute Gasteiger partial charge is 0.493 e. The Morgan fingerprint density at radius 3 is 2.44 bits per heavy atom. The molecule has 6 heteroatoms. The van der Waals surface area contributed by atoms with Gasteiger partial charge in [-0.15, -0.1) is 11.3 Å². The van der Waals surface area contributed by atoms with Crippen LogP contribution in [0.25, 0.3) is 10.6 Å². The molecule has 0 unspecified atom stereocenters. The Balaban J connectivity index is 1.74. The molecule has 0 saturated heterocycles. The molecule has 1 amide bonds. The number of anilines is 1. The second-order valence-electron chi connectivity index (χ2n) is 6.18. The van der Waals surface area contributed by atoms with Gasteiger partial charge in [0.2, 0.25) is 5.91 Å². The van der Waals surface area contributed by atoms with Gasteiger partial charge in [0, 0.05) is 23.7 Å². The highest BCUT2D eigenvalue weighted by Gasteiger charge is 2.15. The molecule has 3 aromatic rings. The van der Waals surface area contributed by atoms with Crippen LogP contribution in [0.2, 0.25) is 0 Å². The summed E-state index contributed by atoms with van der Waals surface area (Å²) in [4.78, 5) is 18.9. The van der Waals surface area contributed by atoms with Crippen LogP contribution < -0.4 is 14.4 Å². The van der Waals surface area contributed by atoms with Gasteiger partial charge in [0.25, 0.3) is 0 Å². The number of methoxy groups -OCH3 is 2. The average molecular weight is 382 g/mol. The van der Waals surface area contributed by atoms with Crippen LogP contribution in [-0.2, 0) is 11.2 Å². The van der Waals surface area contributed by atoms with E-state index in [-0.39, 0.29) is 12.3 Å². The molecule has 0 aliphatic heterocycles. The number of rotatable bonds is 6. The number of hydrogen-bond donors (Lipinski definition) is 0. The molecule has 0 atom stereocenters. The molecule has 1 aromatic heterocycles. The number of carbonyl (C=O) groups excluding carboxylic acids is 1. The van der Waals surface area contributed by atoms with Gasteiger partial charge in [-0.2, -0.15) is 0 Å². The second-order valence-corrected chi connectivity index (χ2v) is 7.04. The van der Waals surface area contributed by atoms with E-state index in [4.69, 9.17) is 9.47 Å². The van der Waals surface area contributed by atoms with E-state index in [0.29, 0.717) is 11.5 Å². The molecule has 2 aromatic carbocycles. The molecule has 5 nitrogen and oxygen atoms in total. The van der Waals surface area contributed by atoms with Crippen LogP contribution in [0.15, 0.2) is 47.8 Å². The molecule has 3 rings (SSSR count). The van der Waals surface area contributed by atoms with Crippen LogP contribution in [0, 0.1) is 6.92 Å². The topological polar surface area (TPSA) is 51.7 Å². The molecule has 0 bridgehead atoms. The van der Waals surface area contributed by atoms with Crippen LogP contribution in [-0.4, -0.2) is 32.2 Å². The smallest absolute Gasteiger partial charge is 0.232 e. The second kappa shape index (κ2) is 8.22. The van der Waals surface area contributed by atoms with E-state index < -0.39 is 0 Å². The van der Waals surface area contributed by atoms with Crippen LogP contribution in [0.1, 0.15) is 11.3 Å². The normalized spacial score (nSPS) is 10.5. The van der Waals surface area contributed by atoms with Crippen molar-refractivity contribution in [2.75, 3.05) is 26.2 Å². The number of ether oxygens (including phenoxy) is 2. The number of carbonyl (C=O) groups is 1. The number of aromatic nitrogens is 1. The molecular formula is C21H22N2O3S. The maximum atomic E-state index is 12.6. The van der Waals surface area contributed by atoms with Crippen LogP contribution in [0.5, 0.6) is 11.5 Å². The number of nitrogens with zero attached hydrogens (tertiary/aromatic N) is 2. The number of likely N-dealkylation sites (N-methyl/N-ethyl adjacent to an activating group) is 1. The van der Waals surface area contributed by atoms with Gasteiger partial charge in [0.05, 0.1) is 26.3 Å². The molecule has 0 aliphatic rings. The SMILES string of the molecule is COc1ccc(-c2nc(CC(=O)N(C)c3ccc(C)cc3)cs2)cc1OC. The van der Waals surface area contributed by atoms with Crippen LogP contribution in [0.3, 0.4) is 0 Å². The monoisotopic (exact) mass is 382 g/mol. The van der Waals surface area contributed by atoms with E-state index in [2.05, 4.69) is 4.98 Å². The van der Waals surface area contributed by atoms with Crippen molar-refractivity contribution in [2.45, 2.75) is 13.3 Å². The number of hydrogen-bond acceptors (Lipinski definition) is 5. The summed E-state index contributed by atoms with van der Waals surface area (Å²) in [5.41, 5.74) is 3.73. The van der Waals surface area contributed by atoms with Crippen molar-refractivity contribution in [3.05, 3.63) is 59.1 Å². The third-order valence-electron chi connectivity index (χ3n) is 4.31. The van der Waals surface area contributed by atoms with Crippen molar-refractivity contribution in [2.24, 2.45) is 0 Å². The number of amides is 1. The van der Waals surface area contributed by atoms with Gasteiger partial charge in [-0.25, -0.2) is 4.98 Å². The Kier molecular flexibility index (Phi) is 5.76. The van der Waals surface area contributed by atoms with E-state index >= 15 is 0 Å². The predicted octanol–water partition coefficient (Wildman–Crippen LogP) is 4.34. The lowest BCUT2D eigenvalue weighted by atomic mass is 10.2. The summed E-state index contributed by atoms with van der Waals surface area (Å²) < 4.78 is 10.6. The molecule has 0 aliphatic carbocycles. The molecule has 27 heavy (non-hydrogen) atoms. The Labute approximate surface area is 163 Å². The predicted molar refractivity (Wildman–Crippen MR) is 109 cm³/mol. The molecule has 0 spiro atoms. The fraction of sp³-hybridized carbons (Fsp3) is 0.238. The summed E-state index contributed by atoms with van der Waals surface area (Å²) in [5, 5.41) is 2.77. The van der Waals surface area contributed by atoms with Gasteiger partial charge in [0.15, 0.2) is 11.5 Å². The zero-order valence-corrected chi connectivity index (χ0v) is 16.7. The summed E-state index contributed by atoms with van der Waals surface area (Å²) in [7, 11) is 5.00. The first-order valence-electron chi connectivity index (χ1n) is 8.52. The highest BCUT2D eigenvalue weighted by atomic mass is 32.1. The highest BCUT2D eigenvalue weighted by molar-refractivity contribution is 7.13. The van der Waals surface area contributed by atoms with Gasteiger partial charge in [-0.1, -0.05) is 17.7 Å². The lowest BCUT2D eigenvalue weighted by molar-refractivity contribution is -0.117. The average Bonchev–Trinajstić information content (AvgIpc) is 3.15. The first-order valence-corrected chi connectivity index (χ1v) is 9.40. The third-order valence-corrected chi connectivity index (χ3v) is 5.25. The Bertz CT molecular complexity index is 935. The van der Waals surface area contributed by atoms with Gasteiger partial charge < -0.3 is 14.4 Å². The Hall–Kier alpha value is -2.86. The molecule has 0 fully saturated rings. The Morgan fingerprint density at radius 2 is 1.78 bits per heavy atom. The summed E-state index contributed by atoms with van der Waals surface area (Å²) in [6.45, 7) is 2.02. The van der Waals surface area contributed by atoms with Crippen molar-refractivity contribution in [3.63, 3.8) is 0 Å². The van der Waals surface area contributed by atoms with Crippen molar-refractivity contribution < 1.29 is 14.3 Å². The maximum absolute atomic E-state index is 12.6. The molecular weight excluding hydrogens is 360 g/mol. The van der Waals surface area contributed by atoms with Gasteiger partial charge in [-0.05, 0) is 37.3 Å². The lowest BCUT2D eigenvalue weighted by Gasteiger charge is -2.17. The zero-order valence-electron chi connectivity index (χ0n) is 15.9. The number of thiazole rings is 1. The quantitative estimate of drug-likeness (QED) is 0.636. The summed E-state index contributed by atoms with van der Waals surface area (Å²) >= 11 is 1.51. The van der Waals surface area contributed by atoms with Gasteiger partial charge in [-0.3, -0.25) is 4.79 Å². The first-order chi connectivity index (χ1) is 13.0. The fourth-order valence-corrected chi connectivity index (χ4v) is 3.49. The number of aryl methyl sites for hydroxylation is 1. The summed E-state index contributed by atoms with van der Waals surface area (Å²) in [6.07, 6.45) is 0.258. The minimum Gasteiger partial charge on any atom is -0.493 e. The van der Waals surface area contributed by atoms with Gasteiger partial charge in [0.1, 0.15) is 5.01 Å². The number of benzene rings is 2. The molecule has 140 valence electrons. The van der Waals surface area contributed by atoms with E-state index in [9.17, 15) is 4.79 Å². The zero-order chi connectivity index (χ0) is 19.4. The van der Waals surface area contributed by atoms with Gasteiger partial charge >= 0.3 is 0 Å². The summed E-state index contributed by atoms with van der Waals surface area (Å²) in [5.74, 6) is 1.33. The maximum Gasteiger partial charge on any atom is 0.232 e. The van der Waals surface area contributed by atoms with E-state index in [1.165, 1.54) is 16.9 Å². The lowest BCUT2D eigenvalue weighted by Crippen LogP contribution is -2.27. The minimum absolute atomic E-state index is 0.00279. The molecule has 0 saturated carbocycles. The summed E-state index contributed by atoms with van der Waals surface area (Å²) in [6, 6.07) is 13.6. The van der Waals surface area contributed by atoms with Crippen molar-refractivity contribution >= 4 is 22.9 Å². The van der Waals surface area contributed by atoms with E-state index in [1.54, 1.807) is 26.2 Å². The molecule has 1 heterocycles. The first kappa shape index (κ1) is 18.9. The van der Waals surface area contributed by atoms with Crippen molar-refractivity contribution in [3.8, 4) is 22.1 Å². The molecule has 0 radical (unpaired) electrons. The Morgan fingerprint density at radius 1 is 1.07 bits per heavy atom. The van der Waals surface area contributed by atoms with Crippen molar-refractivity contribution in [1.82, 2.24) is 4.98 Å². The van der Waals surface area contributed by atoms with E-state index in [0.717, 1.165) is 22.0 Å². The van der Waals surface area contributed by atoms with Crippen LogP contribution >= 0.6 is 11.3 Å². The van der Waals surface area contributed by atoms with Crippen LogP contribution in [0.4, 0.5) is 5.69 Å². The van der Waals surface area contributed by atoms with E-state index in [1.807, 2.05) is 54.8 Å². The highest BCUT2D eigenvalue weighted by Crippen LogP contribution is 2.33. The standard InChI is InChI=1S/C21H22N2O3S/c1-14-5-8-17(9-6-14)23(2)20(24)12-16-13-27-21(22-16)15-7-10-18(25-3)19(11-15)26-4/h5-11,13H,12H2,1-4H3. The third kappa shape index (κ3) is 4.28. The minimum atomic E-state index is 0.00279. The van der Waals surface area contributed by atoms with Crippen molar-refractivity contribution in [1.29, 1.82) is 0 Å². The fourth-order valence-electron chi connectivity index (χ4n) is 2.68. The molecule has 0 N–H and O–H groups in total.